The monoisotopic (exact) mass is 327 g/mol. The van der Waals surface area contributed by atoms with Crippen molar-refractivity contribution >= 4 is 11.6 Å². The highest BCUT2D eigenvalue weighted by Crippen LogP contribution is 2.28. The first-order valence-corrected chi connectivity index (χ1v) is 8.28. The zero-order chi connectivity index (χ0) is 17.4. The second-order valence-corrected chi connectivity index (χ2v) is 5.78. The highest BCUT2D eigenvalue weighted by atomic mass is 16.5. The number of anilines is 1. The Morgan fingerprint density at radius 3 is 2.62 bits per heavy atom. The first-order valence-electron chi connectivity index (χ1n) is 8.28. The average molecular weight is 327 g/mol. The highest BCUT2D eigenvalue weighted by Gasteiger charge is 2.33. The Morgan fingerprint density at radius 1 is 1.21 bits per heavy atom. The highest BCUT2D eigenvalue weighted by molar-refractivity contribution is 5.95. The van der Waals surface area contributed by atoms with Crippen molar-refractivity contribution in [1.82, 2.24) is 4.98 Å². The third kappa shape index (κ3) is 4.32. The molecule has 0 atom stereocenters. The van der Waals surface area contributed by atoms with Gasteiger partial charge in [-0.1, -0.05) is 26.0 Å². The average Bonchev–Trinajstić information content (AvgIpc) is 2.63. The van der Waals surface area contributed by atoms with Crippen LogP contribution in [0.5, 0.6) is 5.75 Å². The molecule has 0 spiro atoms. The minimum absolute atomic E-state index is 0.0446. The van der Waals surface area contributed by atoms with Gasteiger partial charge in [-0.3, -0.25) is 9.78 Å². The number of amides is 1. The molecular formula is C19H25N3O2. The van der Waals surface area contributed by atoms with Gasteiger partial charge >= 0.3 is 0 Å². The zero-order valence-electron chi connectivity index (χ0n) is 14.3. The van der Waals surface area contributed by atoms with Gasteiger partial charge in [0.1, 0.15) is 12.4 Å². The van der Waals surface area contributed by atoms with Gasteiger partial charge in [0, 0.05) is 24.5 Å². The van der Waals surface area contributed by atoms with Crippen LogP contribution in [0.25, 0.3) is 0 Å². The van der Waals surface area contributed by atoms with Gasteiger partial charge in [0.15, 0.2) is 0 Å². The fourth-order valence-corrected chi connectivity index (χ4v) is 2.52. The van der Waals surface area contributed by atoms with E-state index in [9.17, 15) is 4.79 Å². The Morgan fingerprint density at radius 2 is 2.00 bits per heavy atom. The van der Waals surface area contributed by atoms with E-state index in [1.165, 1.54) is 0 Å². The third-order valence-electron chi connectivity index (χ3n) is 4.43. The molecule has 1 aromatic heterocycles. The van der Waals surface area contributed by atoms with Gasteiger partial charge in [0.05, 0.1) is 11.1 Å². The molecule has 0 radical (unpaired) electrons. The van der Waals surface area contributed by atoms with Gasteiger partial charge in [-0.05, 0) is 37.1 Å². The van der Waals surface area contributed by atoms with Crippen LogP contribution in [-0.4, -0.2) is 17.4 Å². The molecule has 128 valence electrons. The molecule has 5 nitrogen and oxygen atoms in total. The Hall–Kier alpha value is -2.40. The molecule has 0 bridgehead atoms. The maximum atomic E-state index is 12.6. The molecule has 0 aliphatic heterocycles. The summed E-state index contributed by atoms with van der Waals surface area (Å²) in [5.41, 5.74) is 6.87. The molecular weight excluding hydrogens is 302 g/mol. The number of hydrogen-bond donors (Lipinski definition) is 2. The summed E-state index contributed by atoms with van der Waals surface area (Å²) in [6.45, 7) is 4.70. The summed E-state index contributed by atoms with van der Waals surface area (Å²) in [7, 11) is 0. The van der Waals surface area contributed by atoms with E-state index in [2.05, 4.69) is 10.3 Å². The Kier molecular flexibility index (Phi) is 6.32. The number of rotatable bonds is 8. The third-order valence-corrected chi connectivity index (χ3v) is 4.43. The molecule has 3 N–H and O–H groups in total. The van der Waals surface area contributed by atoms with E-state index in [1.807, 2.05) is 56.3 Å². The van der Waals surface area contributed by atoms with Crippen LogP contribution >= 0.6 is 0 Å². The summed E-state index contributed by atoms with van der Waals surface area (Å²) in [6.07, 6.45) is 3.15. The summed E-state index contributed by atoms with van der Waals surface area (Å²) in [6, 6.07) is 13.1. The molecule has 0 aliphatic rings. The van der Waals surface area contributed by atoms with Gasteiger partial charge in [-0.15, -0.1) is 0 Å². The van der Waals surface area contributed by atoms with Gasteiger partial charge in [0.25, 0.3) is 0 Å². The molecule has 1 amide bonds. The number of nitrogens with zero attached hydrogens (tertiary/aromatic N) is 1. The number of carbonyl (C=O) groups is 1. The van der Waals surface area contributed by atoms with Crippen molar-refractivity contribution in [3.8, 4) is 5.75 Å². The Bertz CT molecular complexity index is 646. The van der Waals surface area contributed by atoms with Crippen LogP contribution in [-0.2, 0) is 11.4 Å². The van der Waals surface area contributed by atoms with Crippen molar-refractivity contribution in [3.63, 3.8) is 0 Å². The Labute approximate surface area is 143 Å². The molecule has 0 unspecified atom stereocenters. The lowest BCUT2D eigenvalue weighted by Gasteiger charge is -2.28. The molecule has 0 saturated heterocycles. The minimum atomic E-state index is -0.523. The predicted molar refractivity (Wildman–Crippen MR) is 95.7 cm³/mol. The Balaban J connectivity index is 2.03. The van der Waals surface area contributed by atoms with E-state index in [0.717, 1.165) is 5.69 Å². The number of nitrogens with one attached hydrogen (secondary N) is 1. The summed E-state index contributed by atoms with van der Waals surface area (Å²) < 4.78 is 5.74. The lowest BCUT2D eigenvalue weighted by molar-refractivity contribution is -0.125. The fraction of sp³-hybridized carbons (Fsp3) is 0.368. The van der Waals surface area contributed by atoms with Crippen LogP contribution < -0.4 is 15.8 Å². The molecule has 24 heavy (non-hydrogen) atoms. The SMILES string of the molecule is CCC(CC)(CN)C(=O)Nc1cccc(OCc2ccccn2)c1. The molecule has 2 aromatic rings. The zero-order valence-corrected chi connectivity index (χ0v) is 14.3. The molecule has 0 fully saturated rings. The summed E-state index contributed by atoms with van der Waals surface area (Å²) >= 11 is 0. The van der Waals surface area contributed by atoms with E-state index in [1.54, 1.807) is 6.20 Å². The minimum Gasteiger partial charge on any atom is -0.487 e. The molecule has 0 saturated carbocycles. The number of nitrogens with two attached hydrogens (primary N) is 1. The van der Waals surface area contributed by atoms with Crippen molar-refractivity contribution < 1.29 is 9.53 Å². The van der Waals surface area contributed by atoms with E-state index in [-0.39, 0.29) is 5.91 Å². The second-order valence-electron chi connectivity index (χ2n) is 5.78. The number of carbonyl (C=O) groups excluding carboxylic acids is 1. The van der Waals surface area contributed by atoms with Crippen LogP contribution in [0.15, 0.2) is 48.7 Å². The van der Waals surface area contributed by atoms with Crippen LogP contribution in [0.2, 0.25) is 0 Å². The largest absolute Gasteiger partial charge is 0.487 e. The quantitative estimate of drug-likeness (QED) is 0.779. The maximum Gasteiger partial charge on any atom is 0.231 e. The number of ether oxygens (including phenoxy) is 1. The number of pyridine rings is 1. The number of benzene rings is 1. The van der Waals surface area contributed by atoms with Crippen LogP contribution in [0.1, 0.15) is 32.4 Å². The van der Waals surface area contributed by atoms with Crippen molar-refractivity contribution in [2.24, 2.45) is 11.1 Å². The summed E-state index contributed by atoms with van der Waals surface area (Å²) in [5, 5.41) is 2.96. The molecule has 0 aliphatic carbocycles. The standard InChI is InChI=1S/C19H25N3O2/c1-3-19(4-2,14-20)18(23)22-15-9-7-10-17(12-15)24-13-16-8-5-6-11-21-16/h5-12H,3-4,13-14,20H2,1-2H3,(H,22,23). The number of hydrogen-bond acceptors (Lipinski definition) is 4. The van der Waals surface area contributed by atoms with Gasteiger partial charge < -0.3 is 15.8 Å². The van der Waals surface area contributed by atoms with Crippen molar-refractivity contribution in [2.75, 3.05) is 11.9 Å². The van der Waals surface area contributed by atoms with Crippen LogP contribution in [0.4, 0.5) is 5.69 Å². The molecule has 1 aromatic carbocycles. The topological polar surface area (TPSA) is 77.2 Å². The van der Waals surface area contributed by atoms with E-state index in [0.29, 0.717) is 37.4 Å². The molecule has 5 heteroatoms. The van der Waals surface area contributed by atoms with Gasteiger partial charge in [0.2, 0.25) is 5.91 Å². The predicted octanol–water partition coefficient (Wildman–Crippen LogP) is 3.36. The van der Waals surface area contributed by atoms with E-state index < -0.39 is 5.41 Å². The second kappa shape index (κ2) is 8.45. The lowest BCUT2D eigenvalue weighted by atomic mass is 9.81. The normalized spacial score (nSPS) is 11.1. The van der Waals surface area contributed by atoms with E-state index >= 15 is 0 Å². The van der Waals surface area contributed by atoms with Crippen molar-refractivity contribution in [1.29, 1.82) is 0 Å². The summed E-state index contributed by atoms with van der Waals surface area (Å²) in [5.74, 6) is 0.640. The lowest BCUT2D eigenvalue weighted by Crippen LogP contribution is -2.41. The number of aromatic nitrogens is 1. The van der Waals surface area contributed by atoms with Crippen molar-refractivity contribution in [2.45, 2.75) is 33.3 Å². The van der Waals surface area contributed by atoms with E-state index in [4.69, 9.17) is 10.5 Å². The van der Waals surface area contributed by atoms with Crippen LogP contribution in [0, 0.1) is 5.41 Å². The molecule has 2 rings (SSSR count). The fourth-order valence-electron chi connectivity index (χ4n) is 2.52. The van der Waals surface area contributed by atoms with Gasteiger partial charge in [-0.25, -0.2) is 0 Å². The van der Waals surface area contributed by atoms with Crippen LogP contribution in [0.3, 0.4) is 0 Å². The smallest absolute Gasteiger partial charge is 0.231 e. The first kappa shape index (κ1) is 17.9. The first-order chi connectivity index (χ1) is 11.6. The van der Waals surface area contributed by atoms with Crippen molar-refractivity contribution in [3.05, 3.63) is 54.4 Å². The maximum absolute atomic E-state index is 12.6. The summed E-state index contributed by atoms with van der Waals surface area (Å²) in [4.78, 5) is 16.8. The molecule has 1 heterocycles. The van der Waals surface area contributed by atoms with Gasteiger partial charge in [-0.2, -0.15) is 0 Å².